The van der Waals surface area contributed by atoms with Gasteiger partial charge in [0.1, 0.15) is 11.5 Å². The molecule has 148 valence electrons. The number of aromatic amines is 1. The molecular formula is C23H18F3NO2. The third-order valence-electron chi connectivity index (χ3n) is 4.90. The summed E-state index contributed by atoms with van der Waals surface area (Å²) in [7, 11) is 3.13. The van der Waals surface area contributed by atoms with Crippen LogP contribution in [0.1, 0.15) is 5.56 Å². The summed E-state index contributed by atoms with van der Waals surface area (Å²) in [6.45, 7) is 0. The van der Waals surface area contributed by atoms with E-state index in [1.54, 1.807) is 44.6 Å². The zero-order chi connectivity index (χ0) is 20.6. The predicted molar refractivity (Wildman–Crippen MR) is 107 cm³/mol. The molecule has 4 aromatic rings. The van der Waals surface area contributed by atoms with Crippen LogP contribution in [0.2, 0.25) is 0 Å². The minimum atomic E-state index is -4.46. The molecule has 0 aliphatic rings. The lowest BCUT2D eigenvalue weighted by molar-refractivity contribution is -0.136. The van der Waals surface area contributed by atoms with Gasteiger partial charge >= 0.3 is 6.18 Å². The monoisotopic (exact) mass is 397 g/mol. The number of benzene rings is 3. The fourth-order valence-electron chi connectivity index (χ4n) is 3.49. The van der Waals surface area contributed by atoms with Gasteiger partial charge in [0.15, 0.2) is 0 Å². The number of ether oxygens (including phenoxy) is 2. The number of fused-ring (bicyclic) bond motifs is 1. The molecule has 29 heavy (non-hydrogen) atoms. The highest BCUT2D eigenvalue weighted by molar-refractivity contribution is 6.05. The van der Waals surface area contributed by atoms with Crippen molar-refractivity contribution >= 4 is 10.9 Å². The number of nitrogens with one attached hydrogen (secondary N) is 1. The average Bonchev–Trinajstić information content (AvgIpc) is 3.12. The Morgan fingerprint density at radius 1 is 0.724 bits per heavy atom. The Bertz CT molecular complexity index is 1140. The number of aromatic nitrogens is 1. The van der Waals surface area contributed by atoms with E-state index in [1.807, 2.05) is 24.3 Å². The zero-order valence-corrected chi connectivity index (χ0v) is 15.8. The molecular weight excluding hydrogens is 379 g/mol. The van der Waals surface area contributed by atoms with Crippen LogP contribution in [0.5, 0.6) is 11.5 Å². The summed E-state index contributed by atoms with van der Waals surface area (Å²) in [5.74, 6) is 1.35. The van der Waals surface area contributed by atoms with Gasteiger partial charge in [-0.2, -0.15) is 13.2 Å². The maximum Gasteiger partial charge on any atom is 0.418 e. The van der Waals surface area contributed by atoms with Gasteiger partial charge in [-0.05, 0) is 53.6 Å². The molecule has 1 aromatic heterocycles. The molecule has 0 fully saturated rings. The van der Waals surface area contributed by atoms with E-state index < -0.39 is 11.7 Å². The van der Waals surface area contributed by atoms with Crippen LogP contribution in [0.4, 0.5) is 13.2 Å². The molecule has 6 heteroatoms. The van der Waals surface area contributed by atoms with Crippen LogP contribution in [0.15, 0.2) is 66.7 Å². The van der Waals surface area contributed by atoms with Gasteiger partial charge in [0.25, 0.3) is 0 Å². The van der Waals surface area contributed by atoms with Crippen molar-refractivity contribution in [1.29, 1.82) is 0 Å². The molecule has 4 rings (SSSR count). The van der Waals surface area contributed by atoms with Gasteiger partial charge in [0.2, 0.25) is 0 Å². The van der Waals surface area contributed by atoms with Crippen molar-refractivity contribution in [2.45, 2.75) is 6.18 Å². The second-order valence-electron chi connectivity index (χ2n) is 6.56. The summed E-state index contributed by atoms with van der Waals surface area (Å²) in [5.41, 5.74) is 2.26. The van der Waals surface area contributed by atoms with Crippen LogP contribution in [0.25, 0.3) is 33.3 Å². The van der Waals surface area contributed by atoms with Gasteiger partial charge in [-0.3, -0.25) is 0 Å². The number of hydrogen-bond donors (Lipinski definition) is 1. The van der Waals surface area contributed by atoms with Crippen LogP contribution >= 0.6 is 0 Å². The average molecular weight is 397 g/mol. The maximum absolute atomic E-state index is 13.6. The molecule has 0 aliphatic carbocycles. The van der Waals surface area contributed by atoms with E-state index in [-0.39, 0.29) is 5.52 Å². The molecule has 0 aliphatic heterocycles. The first-order chi connectivity index (χ1) is 13.9. The molecule has 0 amide bonds. The summed E-state index contributed by atoms with van der Waals surface area (Å²) >= 11 is 0. The second kappa shape index (κ2) is 7.20. The predicted octanol–water partition coefficient (Wildman–Crippen LogP) is 6.54. The summed E-state index contributed by atoms with van der Waals surface area (Å²) in [5, 5.41) is 0.510. The van der Waals surface area contributed by atoms with Gasteiger partial charge in [-0.15, -0.1) is 0 Å². The standard InChI is InChI=1S/C23H18F3NO2/c1-28-16-10-6-14(7-11-16)20-18-4-3-5-19(23(24,25)26)22(18)27-21(20)15-8-12-17(29-2)13-9-15/h3-13,27H,1-2H3. The number of methoxy groups -OCH3 is 2. The number of alkyl halides is 3. The van der Waals surface area contributed by atoms with Crippen molar-refractivity contribution in [3.8, 4) is 33.9 Å². The summed E-state index contributed by atoms with van der Waals surface area (Å²) in [6, 6.07) is 18.7. The second-order valence-corrected chi connectivity index (χ2v) is 6.56. The van der Waals surface area contributed by atoms with Gasteiger partial charge in [0, 0.05) is 10.9 Å². The Hall–Kier alpha value is -3.41. The molecule has 0 spiro atoms. The lowest BCUT2D eigenvalue weighted by Crippen LogP contribution is -2.05. The minimum Gasteiger partial charge on any atom is -0.497 e. The van der Waals surface area contributed by atoms with Crippen molar-refractivity contribution in [1.82, 2.24) is 4.98 Å². The molecule has 0 unspecified atom stereocenters. The molecule has 0 saturated carbocycles. The van der Waals surface area contributed by atoms with E-state index in [2.05, 4.69) is 4.98 Å². The van der Waals surface area contributed by atoms with Crippen molar-refractivity contribution in [2.24, 2.45) is 0 Å². The normalized spacial score (nSPS) is 11.6. The topological polar surface area (TPSA) is 34.2 Å². The highest BCUT2D eigenvalue weighted by Gasteiger charge is 2.34. The molecule has 0 radical (unpaired) electrons. The Morgan fingerprint density at radius 2 is 1.28 bits per heavy atom. The quantitative estimate of drug-likeness (QED) is 0.424. The van der Waals surface area contributed by atoms with Crippen molar-refractivity contribution < 1.29 is 22.6 Å². The highest BCUT2D eigenvalue weighted by Crippen LogP contribution is 2.43. The maximum atomic E-state index is 13.6. The van der Waals surface area contributed by atoms with Crippen LogP contribution in [-0.4, -0.2) is 19.2 Å². The Morgan fingerprint density at radius 3 is 1.79 bits per heavy atom. The number of halogens is 3. The molecule has 1 heterocycles. The number of rotatable bonds is 4. The fraction of sp³-hybridized carbons (Fsp3) is 0.130. The molecule has 0 saturated heterocycles. The largest absolute Gasteiger partial charge is 0.497 e. The highest BCUT2D eigenvalue weighted by atomic mass is 19.4. The third-order valence-corrected chi connectivity index (χ3v) is 4.90. The van der Waals surface area contributed by atoms with Crippen molar-refractivity contribution in [3.05, 3.63) is 72.3 Å². The lowest BCUT2D eigenvalue weighted by atomic mass is 9.97. The first-order valence-corrected chi connectivity index (χ1v) is 8.93. The lowest BCUT2D eigenvalue weighted by Gasteiger charge is -2.08. The first kappa shape index (κ1) is 18.9. The van der Waals surface area contributed by atoms with Crippen LogP contribution in [0.3, 0.4) is 0 Å². The SMILES string of the molecule is COc1ccc(-c2[nH]c3c(C(F)(F)F)cccc3c2-c2ccc(OC)cc2)cc1. The fourth-order valence-corrected chi connectivity index (χ4v) is 3.49. The molecule has 3 aromatic carbocycles. The molecule has 0 atom stereocenters. The van der Waals surface area contributed by atoms with E-state index >= 15 is 0 Å². The summed E-state index contributed by atoms with van der Waals surface area (Å²) in [4.78, 5) is 3.03. The van der Waals surface area contributed by atoms with E-state index in [9.17, 15) is 13.2 Å². The smallest absolute Gasteiger partial charge is 0.418 e. The number of H-pyrrole nitrogens is 1. The van der Waals surface area contributed by atoms with E-state index in [1.165, 1.54) is 6.07 Å². The van der Waals surface area contributed by atoms with Gasteiger partial charge in [-0.1, -0.05) is 24.3 Å². The minimum absolute atomic E-state index is 0.0663. The number of hydrogen-bond acceptors (Lipinski definition) is 2. The first-order valence-electron chi connectivity index (χ1n) is 8.93. The van der Waals surface area contributed by atoms with Gasteiger partial charge < -0.3 is 14.5 Å². The van der Waals surface area contributed by atoms with E-state index in [0.717, 1.165) is 17.2 Å². The summed E-state index contributed by atoms with van der Waals surface area (Å²) < 4.78 is 51.2. The Balaban J connectivity index is 2.01. The van der Waals surface area contributed by atoms with Crippen molar-refractivity contribution in [2.75, 3.05) is 14.2 Å². The molecule has 1 N–H and O–H groups in total. The zero-order valence-electron chi connectivity index (χ0n) is 15.8. The van der Waals surface area contributed by atoms with Crippen LogP contribution < -0.4 is 9.47 Å². The Labute approximate surface area is 165 Å². The van der Waals surface area contributed by atoms with Crippen molar-refractivity contribution in [3.63, 3.8) is 0 Å². The third kappa shape index (κ3) is 3.42. The van der Waals surface area contributed by atoms with Gasteiger partial charge in [-0.25, -0.2) is 0 Å². The van der Waals surface area contributed by atoms with E-state index in [0.29, 0.717) is 28.1 Å². The summed E-state index contributed by atoms with van der Waals surface area (Å²) in [6.07, 6.45) is -4.46. The van der Waals surface area contributed by atoms with E-state index in [4.69, 9.17) is 9.47 Å². The van der Waals surface area contributed by atoms with Gasteiger partial charge in [0.05, 0.1) is 31.0 Å². The van der Waals surface area contributed by atoms with Crippen LogP contribution in [-0.2, 0) is 6.18 Å². The molecule has 0 bridgehead atoms. The molecule has 3 nitrogen and oxygen atoms in total. The van der Waals surface area contributed by atoms with Crippen LogP contribution in [0, 0.1) is 0 Å². The number of para-hydroxylation sites is 1. The Kier molecular flexibility index (Phi) is 4.70.